The summed E-state index contributed by atoms with van der Waals surface area (Å²) in [7, 11) is 0. The van der Waals surface area contributed by atoms with E-state index in [9.17, 15) is 27.5 Å². The Morgan fingerprint density at radius 1 is 1.19 bits per heavy atom. The molecule has 0 spiro atoms. The first-order valence-corrected chi connectivity index (χ1v) is 11.7. The second-order valence-corrected chi connectivity index (χ2v) is 9.86. The number of carbonyl (C=O) groups excluding carboxylic acids is 1. The number of primary amides is 1. The van der Waals surface area contributed by atoms with Gasteiger partial charge in [-0.3, -0.25) is 4.79 Å². The molecule has 0 bridgehead atoms. The molecule has 9 heteroatoms. The summed E-state index contributed by atoms with van der Waals surface area (Å²) in [6.45, 7) is 1.96. The maximum absolute atomic E-state index is 13.5. The molecule has 0 saturated heterocycles. The number of hydrogen-bond acceptors (Lipinski definition) is 3. The van der Waals surface area contributed by atoms with E-state index in [1.165, 1.54) is 24.3 Å². The molecule has 3 aromatic rings. The van der Waals surface area contributed by atoms with Crippen molar-refractivity contribution in [2.45, 2.75) is 50.8 Å². The summed E-state index contributed by atoms with van der Waals surface area (Å²) in [6.07, 6.45) is 0.822. The molecule has 2 aromatic carbocycles. The van der Waals surface area contributed by atoms with Crippen molar-refractivity contribution >= 4 is 12.0 Å². The van der Waals surface area contributed by atoms with E-state index in [0.29, 0.717) is 19.3 Å². The third-order valence-corrected chi connectivity index (χ3v) is 7.87. The van der Waals surface area contributed by atoms with Crippen LogP contribution in [0, 0.1) is 11.2 Å². The normalized spacial score (nSPS) is 23.2. The number of aryl methyl sites for hydroxylation is 1. The summed E-state index contributed by atoms with van der Waals surface area (Å²) in [5.74, 6) is -1.48. The van der Waals surface area contributed by atoms with E-state index < -0.39 is 34.2 Å². The number of nitrogens with zero attached hydrogens (tertiary/aromatic N) is 2. The number of benzene rings is 2. The van der Waals surface area contributed by atoms with Crippen LogP contribution >= 0.6 is 0 Å². The lowest BCUT2D eigenvalue weighted by molar-refractivity contribution is -0.138. The van der Waals surface area contributed by atoms with Crippen molar-refractivity contribution in [3.63, 3.8) is 0 Å². The molecule has 2 aliphatic carbocycles. The number of hydrogen-bond donors (Lipinski definition) is 2. The smallest absolute Gasteiger partial charge is 0.389 e. The van der Waals surface area contributed by atoms with Gasteiger partial charge in [0.05, 0.1) is 34.3 Å². The van der Waals surface area contributed by atoms with Gasteiger partial charge in [0.15, 0.2) is 0 Å². The maximum Gasteiger partial charge on any atom is 0.417 e. The molecule has 2 atom stereocenters. The minimum absolute atomic E-state index is 0.0727. The van der Waals surface area contributed by atoms with Gasteiger partial charge in [-0.1, -0.05) is 24.6 Å². The third-order valence-electron chi connectivity index (χ3n) is 7.87. The summed E-state index contributed by atoms with van der Waals surface area (Å²) in [5, 5.41) is 16.3. The second-order valence-electron chi connectivity index (χ2n) is 9.86. The number of rotatable bonds is 5. The minimum atomic E-state index is -4.71. The van der Waals surface area contributed by atoms with Gasteiger partial charge in [0, 0.05) is 5.41 Å². The zero-order chi connectivity index (χ0) is 25.9. The molecule has 1 aromatic heterocycles. The predicted octanol–water partition coefficient (Wildman–Crippen LogP) is 5.23. The summed E-state index contributed by atoms with van der Waals surface area (Å²) in [4.78, 5) is 12.0. The summed E-state index contributed by atoms with van der Waals surface area (Å²) in [6, 6.07) is 9.58. The Bertz CT molecular complexity index is 1380. The fourth-order valence-electron chi connectivity index (χ4n) is 5.80. The number of amides is 1. The quantitative estimate of drug-likeness (QED) is 0.472. The van der Waals surface area contributed by atoms with Crippen LogP contribution in [-0.4, -0.2) is 26.4 Å². The summed E-state index contributed by atoms with van der Waals surface area (Å²) >= 11 is 0. The standard InChI is InChI=1S/C27H25F4N3O2/c1-25-14-17-15-33-34(20-7-5-19(28)6-8-20)22(17)13-18(25)10-12-26(25,36)11-9-16-3-2-4-21(27(29,30)31)23(16)24(32)35/h2-8,13,15,36H,9-12,14H2,1H3,(H2,32,35)/t25-,26-/m0/s1. The van der Waals surface area contributed by atoms with E-state index in [4.69, 9.17) is 5.73 Å². The van der Waals surface area contributed by atoms with E-state index in [0.717, 1.165) is 28.6 Å². The van der Waals surface area contributed by atoms with Crippen molar-refractivity contribution in [1.82, 2.24) is 9.78 Å². The average Bonchev–Trinajstić information content (AvgIpc) is 3.33. The van der Waals surface area contributed by atoms with Crippen molar-refractivity contribution < 1.29 is 27.5 Å². The highest BCUT2D eigenvalue weighted by atomic mass is 19.4. The third kappa shape index (κ3) is 3.82. The Kier molecular flexibility index (Phi) is 5.59. The van der Waals surface area contributed by atoms with Crippen LogP contribution in [0.4, 0.5) is 17.6 Å². The highest BCUT2D eigenvalue weighted by molar-refractivity contribution is 5.96. The first kappa shape index (κ1) is 24.2. The molecule has 5 nitrogen and oxygen atoms in total. The average molecular weight is 500 g/mol. The van der Waals surface area contributed by atoms with Crippen LogP contribution in [-0.2, 0) is 19.0 Å². The lowest BCUT2D eigenvalue weighted by Gasteiger charge is -2.42. The number of aromatic nitrogens is 2. The fourth-order valence-corrected chi connectivity index (χ4v) is 5.80. The van der Waals surface area contributed by atoms with Crippen LogP contribution in [0.1, 0.15) is 58.9 Å². The summed E-state index contributed by atoms with van der Waals surface area (Å²) < 4.78 is 55.6. The molecular weight excluding hydrogens is 474 g/mol. The summed E-state index contributed by atoms with van der Waals surface area (Å²) in [5.41, 5.74) is 5.59. The molecule has 36 heavy (non-hydrogen) atoms. The lowest BCUT2D eigenvalue weighted by atomic mass is 9.65. The monoisotopic (exact) mass is 499 g/mol. The Balaban J connectivity index is 1.44. The van der Waals surface area contributed by atoms with Crippen LogP contribution in [0.2, 0.25) is 0 Å². The topological polar surface area (TPSA) is 81.1 Å². The number of carbonyl (C=O) groups is 1. The molecule has 1 heterocycles. The largest absolute Gasteiger partial charge is 0.417 e. The van der Waals surface area contributed by atoms with Crippen molar-refractivity contribution in [2.75, 3.05) is 0 Å². The number of halogens is 4. The molecular formula is C27H25F4N3O2. The van der Waals surface area contributed by atoms with E-state index in [1.807, 2.05) is 13.0 Å². The molecule has 0 unspecified atom stereocenters. The molecule has 0 aliphatic heterocycles. The van der Waals surface area contributed by atoms with Gasteiger partial charge < -0.3 is 10.8 Å². The Hall–Kier alpha value is -3.46. The van der Waals surface area contributed by atoms with Crippen LogP contribution in [0.5, 0.6) is 0 Å². The highest BCUT2D eigenvalue weighted by Gasteiger charge is 2.55. The van der Waals surface area contributed by atoms with Crippen molar-refractivity contribution in [3.8, 4) is 5.69 Å². The van der Waals surface area contributed by atoms with Crippen LogP contribution in [0.3, 0.4) is 0 Å². The number of aliphatic hydroxyl groups is 1. The predicted molar refractivity (Wildman–Crippen MR) is 126 cm³/mol. The van der Waals surface area contributed by atoms with Gasteiger partial charge in [-0.15, -0.1) is 0 Å². The van der Waals surface area contributed by atoms with E-state index in [1.54, 1.807) is 23.0 Å². The van der Waals surface area contributed by atoms with Gasteiger partial charge in [-0.05, 0) is 79.6 Å². The molecule has 5 rings (SSSR count). The number of fused-ring (bicyclic) bond motifs is 2. The van der Waals surface area contributed by atoms with E-state index >= 15 is 0 Å². The molecule has 3 N–H and O–H groups in total. The molecule has 2 aliphatic rings. The van der Waals surface area contributed by atoms with Gasteiger partial charge in [0.25, 0.3) is 0 Å². The van der Waals surface area contributed by atoms with Crippen molar-refractivity contribution in [3.05, 3.63) is 88.0 Å². The van der Waals surface area contributed by atoms with E-state index in [-0.39, 0.29) is 24.2 Å². The Morgan fingerprint density at radius 2 is 1.92 bits per heavy atom. The minimum Gasteiger partial charge on any atom is -0.389 e. The number of nitrogens with two attached hydrogens (primary N) is 1. The molecule has 1 fully saturated rings. The number of alkyl halides is 3. The Labute approximate surface area is 205 Å². The Morgan fingerprint density at radius 3 is 2.58 bits per heavy atom. The van der Waals surface area contributed by atoms with Gasteiger partial charge in [-0.25, -0.2) is 9.07 Å². The molecule has 0 radical (unpaired) electrons. The molecule has 188 valence electrons. The molecule has 1 saturated carbocycles. The van der Waals surface area contributed by atoms with Gasteiger partial charge in [-0.2, -0.15) is 18.3 Å². The van der Waals surface area contributed by atoms with Crippen LogP contribution < -0.4 is 5.73 Å². The first-order valence-electron chi connectivity index (χ1n) is 11.7. The SMILES string of the molecule is C[C@]12Cc3cnn(-c4ccc(F)cc4)c3C=C1CC[C@@]2(O)CCc1cccc(C(F)(F)F)c1C(N)=O. The van der Waals surface area contributed by atoms with Gasteiger partial charge in [0.2, 0.25) is 5.91 Å². The van der Waals surface area contributed by atoms with Crippen LogP contribution in [0.25, 0.3) is 11.8 Å². The zero-order valence-corrected chi connectivity index (χ0v) is 19.6. The van der Waals surface area contributed by atoms with Gasteiger partial charge >= 0.3 is 6.18 Å². The maximum atomic E-state index is 13.5. The van der Waals surface area contributed by atoms with Crippen molar-refractivity contribution in [1.29, 1.82) is 0 Å². The first-order chi connectivity index (χ1) is 16.9. The fraction of sp³-hybridized carbons (Fsp3) is 0.333. The van der Waals surface area contributed by atoms with Gasteiger partial charge in [0.1, 0.15) is 5.82 Å². The van der Waals surface area contributed by atoms with Crippen molar-refractivity contribution in [2.24, 2.45) is 11.1 Å². The van der Waals surface area contributed by atoms with E-state index in [2.05, 4.69) is 5.10 Å². The van der Waals surface area contributed by atoms with Crippen LogP contribution in [0.15, 0.2) is 54.2 Å². The zero-order valence-electron chi connectivity index (χ0n) is 19.6. The lowest BCUT2D eigenvalue weighted by Crippen LogP contribution is -2.45. The highest BCUT2D eigenvalue weighted by Crippen LogP contribution is 2.57. The second kappa shape index (κ2) is 8.30. The molecule has 1 amide bonds.